The molecule has 0 spiro atoms. The number of nitrogens with zero attached hydrogens (tertiary/aromatic N) is 2. The predicted molar refractivity (Wildman–Crippen MR) is 84.3 cm³/mol. The molecule has 1 N–H and O–H groups in total. The summed E-state index contributed by atoms with van der Waals surface area (Å²) in [5.41, 5.74) is 1.41. The normalized spacial score (nSPS) is 18.8. The molecule has 118 valence electrons. The highest BCUT2D eigenvalue weighted by atomic mass is 35.5. The molecule has 1 aliphatic heterocycles. The third kappa shape index (κ3) is 3.79. The van der Waals surface area contributed by atoms with Gasteiger partial charge in [-0.25, -0.2) is 13.1 Å². The monoisotopic (exact) mass is 341 g/mol. The second kappa shape index (κ2) is 6.28. The van der Waals surface area contributed by atoms with Gasteiger partial charge < -0.3 is 9.42 Å². The lowest BCUT2D eigenvalue weighted by Gasteiger charge is -2.19. The average molecular weight is 342 g/mol. The number of anilines is 1. The lowest BCUT2D eigenvalue weighted by atomic mass is 10.3. The summed E-state index contributed by atoms with van der Waals surface area (Å²) in [6.45, 7) is 1.41. The Morgan fingerprint density at radius 1 is 1.41 bits per heavy atom. The van der Waals surface area contributed by atoms with Gasteiger partial charge in [0.05, 0.1) is 5.69 Å². The molecular weight excluding hydrogens is 326 g/mol. The van der Waals surface area contributed by atoms with Crippen LogP contribution in [0, 0.1) is 0 Å². The number of aromatic nitrogens is 1. The van der Waals surface area contributed by atoms with Gasteiger partial charge in [-0.1, -0.05) is 22.8 Å². The number of rotatable bonds is 5. The number of nitrogens with one attached hydrogen (secondary N) is 1. The molecule has 2 heterocycles. The van der Waals surface area contributed by atoms with E-state index in [0.29, 0.717) is 17.3 Å². The molecule has 0 amide bonds. The first-order valence-electron chi connectivity index (χ1n) is 6.92. The molecule has 1 unspecified atom stereocenters. The molecule has 1 aliphatic rings. The van der Waals surface area contributed by atoms with Crippen molar-refractivity contribution >= 4 is 27.3 Å². The number of halogens is 1. The van der Waals surface area contributed by atoms with Crippen LogP contribution in [0.5, 0.6) is 0 Å². The summed E-state index contributed by atoms with van der Waals surface area (Å²) in [6, 6.07) is 8.99. The molecule has 1 fully saturated rings. The van der Waals surface area contributed by atoms with Gasteiger partial charge in [0.25, 0.3) is 0 Å². The number of hydrogen-bond donors (Lipinski definition) is 1. The summed E-state index contributed by atoms with van der Waals surface area (Å²) in [5.74, 6) is -0.169. The van der Waals surface area contributed by atoms with E-state index in [9.17, 15) is 8.42 Å². The van der Waals surface area contributed by atoms with Gasteiger partial charge in [-0.2, -0.15) is 0 Å². The first-order valence-corrected chi connectivity index (χ1v) is 8.95. The molecular formula is C14H16ClN3O3S. The SMILES string of the molecule is O=S(=O)(Cc1ccon1)NC1CCN(c2cccc(Cl)c2)C1. The minimum Gasteiger partial charge on any atom is -0.370 e. The van der Waals surface area contributed by atoms with Crippen LogP contribution >= 0.6 is 11.6 Å². The van der Waals surface area contributed by atoms with Gasteiger partial charge in [0.1, 0.15) is 12.0 Å². The van der Waals surface area contributed by atoms with Gasteiger partial charge in [0, 0.05) is 35.9 Å². The maximum Gasteiger partial charge on any atom is 0.217 e. The lowest BCUT2D eigenvalue weighted by molar-refractivity contribution is 0.413. The van der Waals surface area contributed by atoms with Crippen molar-refractivity contribution in [2.75, 3.05) is 18.0 Å². The second-order valence-corrected chi connectivity index (χ2v) is 7.47. The van der Waals surface area contributed by atoms with Crippen LogP contribution in [0.25, 0.3) is 0 Å². The topological polar surface area (TPSA) is 75.4 Å². The zero-order valence-corrected chi connectivity index (χ0v) is 13.3. The Morgan fingerprint density at radius 2 is 2.27 bits per heavy atom. The van der Waals surface area contributed by atoms with Gasteiger partial charge in [-0.05, 0) is 24.6 Å². The van der Waals surface area contributed by atoms with Crippen molar-refractivity contribution in [3.8, 4) is 0 Å². The molecule has 1 atom stereocenters. The summed E-state index contributed by atoms with van der Waals surface area (Å²) >= 11 is 5.99. The standard InChI is InChI=1S/C14H16ClN3O3S/c15-11-2-1-3-14(8-11)18-6-4-12(9-18)17-22(19,20)10-13-5-7-21-16-13/h1-3,5,7-8,12,17H,4,6,9-10H2. The van der Waals surface area contributed by atoms with Crippen LogP contribution in [0.3, 0.4) is 0 Å². The van der Waals surface area contributed by atoms with Gasteiger partial charge in [-0.3, -0.25) is 0 Å². The van der Waals surface area contributed by atoms with E-state index >= 15 is 0 Å². The quantitative estimate of drug-likeness (QED) is 0.900. The summed E-state index contributed by atoms with van der Waals surface area (Å²) in [5, 5.41) is 4.30. The summed E-state index contributed by atoms with van der Waals surface area (Å²) < 4.78 is 31.6. The molecule has 22 heavy (non-hydrogen) atoms. The second-order valence-electron chi connectivity index (χ2n) is 5.28. The average Bonchev–Trinajstić information content (AvgIpc) is 3.09. The fraction of sp³-hybridized carbons (Fsp3) is 0.357. The van der Waals surface area contributed by atoms with E-state index in [1.54, 1.807) is 6.07 Å². The largest absolute Gasteiger partial charge is 0.370 e. The van der Waals surface area contributed by atoms with Crippen molar-refractivity contribution in [1.82, 2.24) is 9.88 Å². The van der Waals surface area contributed by atoms with E-state index in [1.165, 1.54) is 6.26 Å². The molecule has 8 heteroatoms. The Kier molecular flexibility index (Phi) is 4.37. The van der Waals surface area contributed by atoms with Crippen molar-refractivity contribution in [2.45, 2.75) is 18.2 Å². The predicted octanol–water partition coefficient (Wildman–Crippen LogP) is 2.03. The fourth-order valence-electron chi connectivity index (χ4n) is 2.57. The van der Waals surface area contributed by atoms with Gasteiger partial charge in [0.15, 0.2) is 0 Å². The third-order valence-electron chi connectivity index (χ3n) is 3.54. The van der Waals surface area contributed by atoms with E-state index in [0.717, 1.165) is 18.7 Å². The van der Waals surface area contributed by atoms with E-state index in [2.05, 4.69) is 19.3 Å². The minimum atomic E-state index is -3.43. The van der Waals surface area contributed by atoms with Crippen molar-refractivity contribution in [1.29, 1.82) is 0 Å². The maximum absolute atomic E-state index is 12.1. The van der Waals surface area contributed by atoms with Crippen LogP contribution in [-0.4, -0.2) is 32.7 Å². The Morgan fingerprint density at radius 3 is 3.00 bits per heavy atom. The van der Waals surface area contributed by atoms with Crippen molar-refractivity contribution in [3.05, 3.63) is 47.3 Å². The van der Waals surface area contributed by atoms with Crippen molar-refractivity contribution < 1.29 is 12.9 Å². The van der Waals surface area contributed by atoms with E-state index < -0.39 is 10.0 Å². The Labute approximate surface area is 134 Å². The molecule has 1 saturated heterocycles. The highest BCUT2D eigenvalue weighted by Gasteiger charge is 2.27. The zero-order valence-electron chi connectivity index (χ0n) is 11.8. The third-order valence-corrected chi connectivity index (χ3v) is 5.14. The first-order chi connectivity index (χ1) is 10.5. The van der Waals surface area contributed by atoms with Crippen molar-refractivity contribution in [2.24, 2.45) is 0 Å². The maximum atomic E-state index is 12.1. The molecule has 3 rings (SSSR count). The Hall–Kier alpha value is -1.57. The molecule has 0 aliphatic carbocycles. The molecule has 0 bridgehead atoms. The summed E-state index contributed by atoms with van der Waals surface area (Å²) in [4.78, 5) is 2.12. The van der Waals surface area contributed by atoms with Crippen LogP contribution < -0.4 is 9.62 Å². The summed E-state index contributed by atoms with van der Waals surface area (Å²) in [7, 11) is -3.43. The van der Waals surface area contributed by atoms with E-state index in [-0.39, 0.29) is 11.8 Å². The van der Waals surface area contributed by atoms with Crippen LogP contribution in [0.1, 0.15) is 12.1 Å². The zero-order chi connectivity index (χ0) is 15.6. The minimum absolute atomic E-state index is 0.115. The van der Waals surface area contributed by atoms with Crippen LogP contribution in [0.2, 0.25) is 5.02 Å². The highest BCUT2D eigenvalue weighted by Crippen LogP contribution is 2.23. The molecule has 0 saturated carbocycles. The number of hydrogen-bond acceptors (Lipinski definition) is 5. The Bertz CT molecular complexity index is 734. The first kappa shape index (κ1) is 15.3. The van der Waals surface area contributed by atoms with Crippen molar-refractivity contribution in [3.63, 3.8) is 0 Å². The Balaban J connectivity index is 1.61. The van der Waals surface area contributed by atoms with Gasteiger partial charge in [0.2, 0.25) is 10.0 Å². The molecule has 0 radical (unpaired) electrons. The smallest absolute Gasteiger partial charge is 0.217 e. The van der Waals surface area contributed by atoms with Crippen LogP contribution in [0.15, 0.2) is 41.1 Å². The lowest BCUT2D eigenvalue weighted by Crippen LogP contribution is -2.37. The van der Waals surface area contributed by atoms with Crippen LogP contribution in [-0.2, 0) is 15.8 Å². The molecule has 2 aromatic rings. The highest BCUT2D eigenvalue weighted by molar-refractivity contribution is 7.88. The summed E-state index contributed by atoms with van der Waals surface area (Å²) in [6.07, 6.45) is 2.12. The molecule has 1 aromatic carbocycles. The fourth-order valence-corrected chi connectivity index (χ4v) is 4.07. The van der Waals surface area contributed by atoms with Crippen LogP contribution in [0.4, 0.5) is 5.69 Å². The van der Waals surface area contributed by atoms with E-state index in [1.807, 2.05) is 24.3 Å². The van der Waals surface area contributed by atoms with Gasteiger partial charge >= 0.3 is 0 Å². The molecule has 6 nitrogen and oxygen atoms in total. The van der Waals surface area contributed by atoms with E-state index in [4.69, 9.17) is 11.6 Å². The van der Waals surface area contributed by atoms with Gasteiger partial charge in [-0.15, -0.1) is 0 Å². The molecule has 1 aromatic heterocycles. The number of sulfonamides is 1. The number of benzene rings is 1.